The van der Waals surface area contributed by atoms with Crippen molar-refractivity contribution in [2.24, 2.45) is 0 Å². The molecule has 7 heteroatoms. The van der Waals surface area contributed by atoms with Crippen molar-refractivity contribution >= 4 is 21.8 Å². The molecule has 0 N–H and O–H groups in total. The van der Waals surface area contributed by atoms with Gasteiger partial charge in [0.1, 0.15) is 17.3 Å². The van der Waals surface area contributed by atoms with E-state index in [1.165, 1.54) is 10.8 Å². The number of benzene rings is 2. The number of hydrogen-bond acceptors (Lipinski definition) is 5. The second-order valence-corrected chi connectivity index (χ2v) is 8.36. The molecule has 7 rings (SSSR count). The maximum absolute atomic E-state index is 4.86. The van der Waals surface area contributed by atoms with Gasteiger partial charge in [0.05, 0.1) is 11.0 Å². The van der Waals surface area contributed by atoms with Crippen LogP contribution in [0.15, 0.2) is 116 Å². The first-order valence-electron chi connectivity index (χ1n) is 11.6. The highest BCUT2D eigenvalue weighted by molar-refractivity contribution is 6.09. The number of rotatable bonds is 4. The Morgan fingerprint density at radius 3 is 1.75 bits per heavy atom. The van der Waals surface area contributed by atoms with Crippen molar-refractivity contribution in [3.8, 4) is 34.5 Å². The number of aromatic nitrogens is 7. The molecule has 0 amide bonds. The minimum atomic E-state index is 0.621. The second-order valence-electron chi connectivity index (χ2n) is 8.36. The van der Waals surface area contributed by atoms with Crippen LogP contribution in [0.3, 0.4) is 0 Å². The van der Waals surface area contributed by atoms with Gasteiger partial charge in [0, 0.05) is 34.9 Å². The SMILES string of the molecule is c1ccc(-c2nnc(-c3ccc(-n4c5ccccc5c5ccccc54)nc3)n2-c2ccccn2)nc1. The topological polar surface area (TPSA) is 74.3 Å². The van der Waals surface area contributed by atoms with Crippen LogP contribution in [0.2, 0.25) is 0 Å². The number of para-hydroxylation sites is 2. The molecule has 0 atom stereocenters. The summed E-state index contributed by atoms with van der Waals surface area (Å²) in [5.74, 6) is 2.82. The normalized spacial score (nSPS) is 11.3. The predicted octanol–water partition coefficient (Wildman–Crippen LogP) is 5.88. The van der Waals surface area contributed by atoms with Crippen molar-refractivity contribution in [1.82, 2.24) is 34.3 Å². The Balaban J connectivity index is 1.39. The van der Waals surface area contributed by atoms with E-state index >= 15 is 0 Å². The summed E-state index contributed by atoms with van der Waals surface area (Å²) >= 11 is 0. The van der Waals surface area contributed by atoms with Crippen LogP contribution in [-0.4, -0.2) is 34.3 Å². The lowest BCUT2D eigenvalue weighted by Crippen LogP contribution is -2.04. The quantitative estimate of drug-likeness (QED) is 0.324. The van der Waals surface area contributed by atoms with Gasteiger partial charge in [-0.15, -0.1) is 10.2 Å². The molecule has 0 bridgehead atoms. The van der Waals surface area contributed by atoms with Crippen LogP contribution in [-0.2, 0) is 0 Å². The van der Waals surface area contributed by atoms with Crippen LogP contribution >= 0.6 is 0 Å². The Bertz CT molecular complexity index is 1770. The smallest absolute Gasteiger partial charge is 0.188 e. The number of hydrogen-bond donors (Lipinski definition) is 0. The highest BCUT2D eigenvalue weighted by Gasteiger charge is 2.19. The fourth-order valence-electron chi connectivity index (χ4n) is 4.66. The molecule has 0 fully saturated rings. The van der Waals surface area contributed by atoms with Crippen LogP contribution in [0.25, 0.3) is 56.3 Å². The summed E-state index contributed by atoms with van der Waals surface area (Å²) in [7, 11) is 0. The van der Waals surface area contributed by atoms with E-state index in [2.05, 4.69) is 73.3 Å². The van der Waals surface area contributed by atoms with Gasteiger partial charge in [0.15, 0.2) is 11.6 Å². The van der Waals surface area contributed by atoms with Crippen molar-refractivity contribution in [3.63, 3.8) is 0 Å². The average molecular weight is 466 g/mol. The van der Waals surface area contributed by atoms with E-state index in [0.29, 0.717) is 17.5 Å². The monoisotopic (exact) mass is 465 g/mol. The molecule has 0 saturated carbocycles. The van der Waals surface area contributed by atoms with Crippen molar-refractivity contribution in [3.05, 3.63) is 116 Å². The molecule has 7 aromatic rings. The van der Waals surface area contributed by atoms with Gasteiger partial charge < -0.3 is 0 Å². The van der Waals surface area contributed by atoms with E-state index in [0.717, 1.165) is 28.1 Å². The van der Waals surface area contributed by atoms with E-state index in [4.69, 9.17) is 4.98 Å². The molecule has 0 aliphatic heterocycles. The zero-order chi connectivity index (χ0) is 23.9. The molecule has 0 unspecified atom stereocenters. The van der Waals surface area contributed by atoms with E-state index in [1.807, 2.05) is 59.3 Å². The zero-order valence-corrected chi connectivity index (χ0v) is 19.1. The fourth-order valence-corrected chi connectivity index (χ4v) is 4.66. The summed E-state index contributed by atoms with van der Waals surface area (Å²) in [5, 5.41) is 11.4. The van der Waals surface area contributed by atoms with Gasteiger partial charge in [0.2, 0.25) is 0 Å². The maximum atomic E-state index is 4.86. The summed E-state index contributed by atoms with van der Waals surface area (Å²) in [6.07, 6.45) is 5.34. The summed E-state index contributed by atoms with van der Waals surface area (Å²) in [6, 6.07) is 32.3. The van der Waals surface area contributed by atoms with Gasteiger partial charge in [-0.05, 0) is 48.5 Å². The Labute approximate surface area is 206 Å². The van der Waals surface area contributed by atoms with Gasteiger partial charge in [-0.3, -0.25) is 14.1 Å². The molecule has 2 aromatic carbocycles. The lowest BCUT2D eigenvalue weighted by Gasteiger charge is -2.10. The molecule has 5 heterocycles. The zero-order valence-electron chi connectivity index (χ0n) is 19.1. The Kier molecular flexibility index (Phi) is 4.63. The molecule has 0 aliphatic rings. The third-order valence-electron chi connectivity index (χ3n) is 6.25. The first-order chi connectivity index (χ1) is 17.9. The molecule has 5 aromatic heterocycles. The molecule has 0 aliphatic carbocycles. The number of fused-ring (bicyclic) bond motifs is 3. The molecule has 0 spiro atoms. The van der Waals surface area contributed by atoms with Gasteiger partial charge in [-0.25, -0.2) is 9.97 Å². The Morgan fingerprint density at radius 2 is 1.11 bits per heavy atom. The van der Waals surface area contributed by atoms with Crippen molar-refractivity contribution in [1.29, 1.82) is 0 Å². The standard InChI is InChI=1S/C29H19N7/c1-3-12-24-21(9-1)22-10-2-4-13-25(22)35(24)27-16-15-20(19-32-27)28-33-34-29(23-11-5-7-17-30-23)36(28)26-14-6-8-18-31-26/h1-19H. The van der Waals surface area contributed by atoms with E-state index in [9.17, 15) is 0 Å². The summed E-state index contributed by atoms with van der Waals surface area (Å²) < 4.78 is 4.11. The highest BCUT2D eigenvalue weighted by atomic mass is 15.3. The fraction of sp³-hybridized carbons (Fsp3) is 0. The third-order valence-corrected chi connectivity index (χ3v) is 6.25. The minimum absolute atomic E-state index is 0.621. The third kappa shape index (κ3) is 3.18. The summed E-state index contributed by atoms with van der Waals surface area (Å²) in [6.45, 7) is 0. The molecule has 0 radical (unpaired) electrons. The van der Waals surface area contributed by atoms with Crippen molar-refractivity contribution in [2.45, 2.75) is 0 Å². The molecule has 0 saturated heterocycles. The predicted molar refractivity (Wildman–Crippen MR) is 140 cm³/mol. The molecule has 7 nitrogen and oxygen atoms in total. The second kappa shape index (κ2) is 8.25. The van der Waals surface area contributed by atoms with E-state index < -0.39 is 0 Å². The van der Waals surface area contributed by atoms with E-state index in [1.54, 1.807) is 12.4 Å². The lowest BCUT2D eigenvalue weighted by atomic mass is 10.2. The van der Waals surface area contributed by atoms with Crippen LogP contribution in [0.5, 0.6) is 0 Å². The van der Waals surface area contributed by atoms with Crippen LogP contribution in [0.4, 0.5) is 0 Å². The summed E-state index contributed by atoms with van der Waals surface area (Å²) in [4.78, 5) is 13.9. The lowest BCUT2D eigenvalue weighted by molar-refractivity contribution is 0.994. The minimum Gasteiger partial charge on any atom is -0.294 e. The van der Waals surface area contributed by atoms with Gasteiger partial charge >= 0.3 is 0 Å². The first kappa shape index (κ1) is 20.2. The van der Waals surface area contributed by atoms with Crippen LogP contribution < -0.4 is 0 Å². The largest absolute Gasteiger partial charge is 0.294 e. The van der Waals surface area contributed by atoms with Crippen molar-refractivity contribution in [2.75, 3.05) is 0 Å². The molecule has 36 heavy (non-hydrogen) atoms. The highest BCUT2D eigenvalue weighted by Crippen LogP contribution is 2.32. The Hall–Kier alpha value is -5.17. The number of nitrogens with zero attached hydrogens (tertiary/aromatic N) is 7. The van der Waals surface area contributed by atoms with Gasteiger partial charge in [-0.2, -0.15) is 0 Å². The summed E-state index contributed by atoms with van der Waals surface area (Å²) in [5.41, 5.74) is 3.79. The maximum Gasteiger partial charge on any atom is 0.188 e. The van der Waals surface area contributed by atoms with Crippen LogP contribution in [0, 0.1) is 0 Å². The average Bonchev–Trinajstić information content (AvgIpc) is 3.54. The van der Waals surface area contributed by atoms with E-state index in [-0.39, 0.29) is 0 Å². The van der Waals surface area contributed by atoms with Gasteiger partial charge in [-0.1, -0.05) is 48.5 Å². The number of pyridine rings is 3. The Morgan fingerprint density at radius 1 is 0.472 bits per heavy atom. The first-order valence-corrected chi connectivity index (χ1v) is 11.6. The van der Waals surface area contributed by atoms with Crippen LogP contribution in [0.1, 0.15) is 0 Å². The van der Waals surface area contributed by atoms with Crippen molar-refractivity contribution < 1.29 is 0 Å². The van der Waals surface area contributed by atoms with Gasteiger partial charge in [0.25, 0.3) is 0 Å². The molecular formula is C29H19N7. The molecular weight excluding hydrogens is 446 g/mol. The molecule has 170 valence electrons.